The molecule has 2 bridgehead atoms. The van der Waals surface area contributed by atoms with Crippen molar-refractivity contribution in [2.45, 2.75) is 32.2 Å². The van der Waals surface area contributed by atoms with Gasteiger partial charge in [0.2, 0.25) is 11.8 Å². The Labute approximate surface area is 168 Å². The summed E-state index contributed by atoms with van der Waals surface area (Å²) in [6.45, 7) is 0.953. The molecule has 0 spiro atoms. The maximum Gasteiger partial charge on any atom is 0.329 e. The molecule has 0 unspecified atom stereocenters. The minimum Gasteiger partial charge on any atom is -0.495 e. The fourth-order valence-electron chi connectivity index (χ4n) is 5.11. The summed E-state index contributed by atoms with van der Waals surface area (Å²) < 4.78 is 10.2. The molecule has 8 nitrogen and oxygen atoms in total. The molecule has 0 radical (unpaired) electrons. The zero-order valence-electron chi connectivity index (χ0n) is 16.4. The SMILES string of the molecule is COc1ccccc1NC(=O)COC(=O)[C@H](C)N1C(=O)[C@H]2[C@H]3CC[C@@H](C3)[C@@H]2C1=O. The molecule has 154 valence electrons. The van der Waals surface area contributed by atoms with Gasteiger partial charge in [-0.05, 0) is 50.2 Å². The highest BCUT2D eigenvalue weighted by molar-refractivity contribution is 6.08. The third-order valence-electron chi connectivity index (χ3n) is 6.42. The monoisotopic (exact) mass is 400 g/mol. The van der Waals surface area contributed by atoms with Crippen LogP contribution in [0.25, 0.3) is 0 Å². The summed E-state index contributed by atoms with van der Waals surface area (Å²) in [7, 11) is 1.48. The molecule has 5 atom stereocenters. The second kappa shape index (κ2) is 7.50. The highest BCUT2D eigenvalue weighted by Gasteiger charge is 2.62. The van der Waals surface area contributed by atoms with Crippen LogP contribution in [0.2, 0.25) is 0 Å². The molecule has 1 saturated heterocycles. The normalized spacial score (nSPS) is 28.3. The van der Waals surface area contributed by atoms with Crippen molar-refractivity contribution in [3.05, 3.63) is 24.3 Å². The molecule has 29 heavy (non-hydrogen) atoms. The average Bonchev–Trinajstić information content (AvgIpc) is 3.40. The van der Waals surface area contributed by atoms with Gasteiger partial charge in [0.1, 0.15) is 11.8 Å². The number of hydrogen-bond acceptors (Lipinski definition) is 6. The average molecular weight is 400 g/mol. The van der Waals surface area contributed by atoms with Crippen molar-refractivity contribution in [2.75, 3.05) is 19.0 Å². The fraction of sp³-hybridized carbons (Fsp3) is 0.524. The Bertz CT molecular complexity index is 840. The van der Waals surface area contributed by atoms with Crippen molar-refractivity contribution in [2.24, 2.45) is 23.7 Å². The van der Waals surface area contributed by atoms with Gasteiger partial charge in [0, 0.05) is 0 Å². The highest BCUT2D eigenvalue weighted by Crippen LogP contribution is 2.56. The van der Waals surface area contributed by atoms with E-state index in [0.29, 0.717) is 11.4 Å². The van der Waals surface area contributed by atoms with Crippen LogP contribution in [-0.4, -0.2) is 48.3 Å². The number of anilines is 1. The van der Waals surface area contributed by atoms with Crippen LogP contribution in [0.3, 0.4) is 0 Å². The van der Waals surface area contributed by atoms with Crippen LogP contribution < -0.4 is 10.1 Å². The number of hydrogen-bond donors (Lipinski definition) is 1. The van der Waals surface area contributed by atoms with E-state index in [4.69, 9.17) is 9.47 Å². The number of rotatable bonds is 6. The Kier molecular flexibility index (Phi) is 5.02. The minimum absolute atomic E-state index is 0.251. The lowest BCUT2D eigenvalue weighted by molar-refractivity contribution is -0.159. The summed E-state index contributed by atoms with van der Waals surface area (Å²) in [6.07, 6.45) is 2.88. The predicted octanol–water partition coefficient (Wildman–Crippen LogP) is 1.60. The summed E-state index contributed by atoms with van der Waals surface area (Å²) in [4.78, 5) is 51.2. The van der Waals surface area contributed by atoms with Crippen LogP contribution in [0.1, 0.15) is 26.2 Å². The predicted molar refractivity (Wildman–Crippen MR) is 102 cm³/mol. The van der Waals surface area contributed by atoms with Crippen molar-refractivity contribution >= 4 is 29.4 Å². The van der Waals surface area contributed by atoms with E-state index in [1.807, 2.05) is 0 Å². The van der Waals surface area contributed by atoms with Gasteiger partial charge in [0.15, 0.2) is 6.61 Å². The van der Waals surface area contributed by atoms with Gasteiger partial charge < -0.3 is 14.8 Å². The molecular weight excluding hydrogens is 376 g/mol. The number of carbonyl (C=O) groups excluding carboxylic acids is 4. The molecule has 8 heteroatoms. The van der Waals surface area contributed by atoms with Crippen molar-refractivity contribution in [1.29, 1.82) is 0 Å². The van der Waals surface area contributed by atoms with Gasteiger partial charge in [0.05, 0.1) is 24.6 Å². The highest BCUT2D eigenvalue weighted by atomic mass is 16.5. The lowest BCUT2D eigenvalue weighted by Crippen LogP contribution is -2.45. The fourth-order valence-corrected chi connectivity index (χ4v) is 5.11. The Balaban J connectivity index is 1.35. The molecule has 1 heterocycles. The molecule has 3 fully saturated rings. The molecular formula is C21H24N2O6. The molecule has 0 aromatic heterocycles. The van der Waals surface area contributed by atoms with E-state index in [1.165, 1.54) is 14.0 Å². The van der Waals surface area contributed by atoms with E-state index < -0.39 is 24.5 Å². The Hall–Kier alpha value is -2.90. The smallest absolute Gasteiger partial charge is 0.329 e. The molecule has 3 amide bonds. The number of nitrogens with one attached hydrogen (secondary N) is 1. The number of likely N-dealkylation sites (tertiary alicyclic amines) is 1. The van der Waals surface area contributed by atoms with Crippen LogP contribution in [0.15, 0.2) is 24.3 Å². The van der Waals surface area contributed by atoms with Crippen LogP contribution in [-0.2, 0) is 23.9 Å². The van der Waals surface area contributed by atoms with Crippen molar-refractivity contribution in [1.82, 2.24) is 4.90 Å². The number of fused-ring (bicyclic) bond motifs is 5. The number of ether oxygens (including phenoxy) is 2. The first kappa shape index (κ1) is 19.4. The summed E-state index contributed by atoms with van der Waals surface area (Å²) >= 11 is 0. The first-order chi connectivity index (χ1) is 13.9. The van der Waals surface area contributed by atoms with Gasteiger partial charge in [-0.1, -0.05) is 12.1 Å². The quantitative estimate of drug-likeness (QED) is 0.575. The first-order valence-corrected chi connectivity index (χ1v) is 9.88. The number of esters is 1. The Morgan fingerprint density at radius 3 is 2.38 bits per heavy atom. The number of methoxy groups -OCH3 is 1. The largest absolute Gasteiger partial charge is 0.495 e. The molecule has 1 aromatic rings. The van der Waals surface area contributed by atoms with Gasteiger partial charge in [-0.2, -0.15) is 0 Å². The lowest BCUT2D eigenvalue weighted by Gasteiger charge is -2.23. The zero-order valence-corrected chi connectivity index (χ0v) is 16.4. The van der Waals surface area contributed by atoms with Crippen LogP contribution in [0.4, 0.5) is 5.69 Å². The minimum atomic E-state index is -1.04. The first-order valence-electron chi connectivity index (χ1n) is 9.88. The van der Waals surface area contributed by atoms with Gasteiger partial charge >= 0.3 is 5.97 Å². The van der Waals surface area contributed by atoms with E-state index in [9.17, 15) is 19.2 Å². The zero-order chi connectivity index (χ0) is 20.7. The van der Waals surface area contributed by atoms with Crippen LogP contribution in [0.5, 0.6) is 5.75 Å². The third kappa shape index (κ3) is 3.26. The van der Waals surface area contributed by atoms with E-state index in [-0.39, 0.29) is 35.5 Å². The maximum atomic E-state index is 12.8. The number of para-hydroxylation sites is 2. The molecule has 4 rings (SSSR count). The number of imide groups is 1. The number of carbonyl (C=O) groups is 4. The summed E-state index contributed by atoms with van der Waals surface area (Å²) in [5.74, 6) is -1.43. The summed E-state index contributed by atoms with van der Waals surface area (Å²) in [6, 6.07) is 5.82. The van der Waals surface area contributed by atoms with Crippen molar-refractivity contribution < 1.29 is 28.7 Å². The molecule has 1 aromatic carbocycles. The van der Waals surface area contributed by atoms with Gasteiger partial charge in [-0.15, -0.1) is 0 Å². The molecule has 3 aliphatic rings. The molecule has 1 N–H and O–H groups in total. The summed E-state index contributed by atoms with van der Waals surface area (Å²) in [5.41, 5.74) is 0.456. The van der Waals surface area contributed by atoms with Crippen molar-refractivity contribution in [3.8, 4) is 5.75 Å². The van der Waals surface area contributed by atoms with E-state index in [1.54, 1.807) is 24.3 Å². The molecule has 2 saturated carbocycles. The third-order valence-corrected chi connectivity index (χ3v) is 6.42. The van der Waals surface area contributed by atoms with Gasteiger partial charge in [-0.3, -0.25) is 19.3 Å². The number of nitrogens with zero attached hydrogens (tertiary/aromatic N) is 1. The number of amides is 3. The second-order valence-corrected chi connectivity index (χ2v) is 7.96. The van der Waals surface area contributed by atoms with E-state index in [2.05, 4.69) is 5.32 Å². The molecule has 1 aliphatic heterocycles. The van der Waals surface area contributed by atoms with Gasteiger partial charge in [0.25, 0.3) is 5.91 Å². The second-order valence-electron chi connectivity index (χ2n) is 7.96. The topological polar surface area (TPSA) is 102 Å². The number of benzene rings is 1. The van der Waals surface area contributed by atoms with Crippen molar-refractivity contribution in [3.63, 3.8) is 0 Å². The Morgan fingerprint density at radius 2 is 1.76 bits per heavy atom. The Morgan fingerprint density at radius 1 is 1.14 bits per heavy atom. The van der Waals surface area contributed by atoms with Crippen LogP contribution >= 0.6 is 0 Å². The van der Waals surface area contributed by atoms with Crippen LogP contribution in [0, 0.1) is 23.7 Å². The lowest BCUT2D eigenvalue weighted by atomic mass is 9.81. The molecule has 2 aliphatic carbocycles. The van der Waals surface area contributed by atoms with E-state index >= 15 is 0 Å². The maximum absolute atomic E-state index is 12.8. The van der Waals surface area contributed by atoms with Gasteiger partial charge in [-0.25, -0.2) is 4.79 Å². The standard InChI is InChI=1S/C21H24N2O6/c1-11(23-19(25)17-12-7-8-13(9-12)18(17)20(23)26)21(27)29-10-16(24)22-14-5-3-4-6-15(14)28-2/h3-6,11-13,17-18H,7-10H2,1-2H3,(H,22,24)/t11-,12-,13-,17-,18-/m0/s1. The summed E-state index contributed by atoms with van der Waals surface area (Å²) in [5, 5.41) is 2.61. The van der Waals surface area contributed by atoms with E-state index in [0.717, 1.165) is 24.2 Å².